The third-order valence-electron chi connectivity index (χ3n) is 1.97. The highest BCUT2D eigenvalue weighted by atomic mass is 14.7. The number of nitrogens with two attached hydrogens (primary N) is 3. The van der Waals surface area contributed by atoms with Crippen molar-refractivity contribution >= 4 is 27.8 Å². The molecule has 0 spiro atoms. The quantitative estimate of drug-likeness (QED) is 0.525. The predicted octanol–water partition coefficient (Wildman–Crippen LogP) is 1.39. The summed E-state index contributed by atoms with van der Waals surface area (Å²) in [7, 11) is 0. The van der Waals surface area contributed by atoms with Gasteiger partial charge in [0.25, 0.3) is 0 Å². The van der Waals surface area contributed by atoms with Gasteiger partial charge in [0, 0.05) is 11.8 Å². The second-order valence-corrected chi connectivity index (χ2v) is 2.99. The minimum Gasteiger partial charge on any atom is -0.399 e. The van der Waals surface area contributed by atoms with Crippen molar-refractivity contribution < 1.29 is 0 Å². The molecule has 0 saturated carbocycles. The summed E-state index contributed by atoms with van der Waals surface area (Å²) < 4.78 is 0. The zero-order valence-electron chi connectivity index (χ0n) is 7.04. The van der Waals surface area contributed by atoms with Crippen molar-refractivity contribution in [3.05, 3.63) is 30.3 Å². The van der Waals surface area contributed by atoms with E-state index in [2.05, 4.69) is 6.07 Å². The van der Waals surface area contributed by atoms with Crippen LogP contribution >= 0.6 is 0 Å². The van der Waals surface area contributed by atoms with Crippen molar-refractivity contribution in [3.8, 4) is 0 Å². The standard InChI is InChI=1S/C10H10N3/c11-8-2-1-6-4-9(12)10(13)5-7(6)3-8/h1-3,5H,11-13H2. The van der Waals surface area contributed by atoms with Gasteiger partial charge in [0.2, 0.25) is 0 Å². The van der Waals surface area contributed by atoms with E-state index >= 15 is 0 Å². The second kappa shape index (κ2) is 2.55. The molecule has 2 rings (SSSR count). The van der Waals surface area contributed by atoms with Gasteiger partial charge in [-0.15, -0.1) is 0 Å². The zero-order chi connectivity index (χ0) is 9.42. The molecule has 65 valence electrons. The van der Waals surface area contributed by atoms with E-state index in [-0.39, 0.29) is 0 Å². The first-order chi connectivity index (χ1) is 6.16. The Morgan fingerprint density at radius 2 is 1.77 bits per heavy atom. The average molecular weight is 172 g/mol. The SMILES string of the molecule is Nc1ccc2[c]c(N)c(N)cc2c1. The Balaban J connectivity index is 2.81. The van der Waals surface area contributed by atoms with Gasteiger partial charge < -0.3 is 17.2 Å². The second-order valence-electron chi connectivity index (χ2n) is 2.99. The fourth-order valence-electron chi connectivity index (χ4n) is 1.28. The molecular weight excluding hydrogens is 162 g/mol. The summed E-state index contributed by atoms with van der Waals surface area (Å²) in [5, 5.41) is 1.90. The number of hydrogen-bond acceptors (Lipinski definition) is 3. The molecule has 0 atom stereocenters. The van der Waals surface area contributed by atoms with Gasteiger partial charge in [-0.1, -0.05) is 6.07 Å². The van der Waals surface area contributed by atoms with E-state index in [1.165, 1.54) is 0 Å². The van der Waals surface area contributed by atoms with Gasteiger partial charge in [-0.2, -0.15) is 0 Å². The molecule has 13 heavy (non-hydrogen) atoms. The number of hydrogen-bond donors (Lipinski definition) is 3. The summed E-state index contributed by atoms with van der Waals surface area (Å²) >= 11 is 0. The fraction of sp³-hybridized carbons (Fsp3) is 0. The van der Waals surface area contributed by atoms with Crippen molar-refractivity contribution in [2.24, 2.45) is 0 Å². The lowest BCUT2D eigenvalue weighted by Gasteiger charge is -2.03. The summed E-state index contributed by atoms with van der Waals surface area (Å²) in [6, 6.07) is 10.3. The number of benzene rings is 2. The fourth-order valence-corrected chi connectivity index (χ4v) is 1.28. The predicted molar refractivity (Wildman–Crippen MR) is 56.0 cm³/mol. The first-order valence-corrected chi connectivity index (χ1v) is 3.93. The summed E-state index contributed by atoms with van der Waals surface area (Å²) in [5.41, 5.74) is 18.6. The van der Waals surface area contributed by atoms with E-state index in [1.807, 2.05) is 18.2 Å². The summed E-state index contributed by atoms with van der Waals surface area (Å²) in [6.45, 7) is 0. The van der Waals surface area contributed by atoms with Crippen LogP contribution in [0, 0.1) is 6.07 Å². The molecule has 0 heterocycles. The highest BCUT2D eigenvalue weighted by Crippen LogP contribution is 2.24. The first kappa shape index (κ1) is 7.73. The van der Waals surface area contributed by atoms with E-state index in [1.54, 1.807) is 6.07 Å². The van der Waals surface area contributed by atoms with Gasteiger partial charge in [0.1, 0.15) is 0 Å². The Bertz CT molecular complexity index is 463. The number of fused-ring (bicyclic) bond motifs is 1. The van der Waals surface area contributed by atoms with Crippen molar-refractivity contribution in [1.29, 1.82) is 0 Å². The molecule has 0 amide bonds. The van der Waals surface area contributed by atoms with E-state index in [9.17, 15) is 0 Å². The monoisotopic (exact) mass is 172 g/mol. The number of rotatable bonds is 0. The van der Waals surface area contributed by atoms with Gasteiger partial charge in [0.05, 0.1) is 11.4 Å². The molecule has 2 aromatic rings. The molecule has 2 aromatic carbocycles. The van der Waals surface area contributed by atoms with Crippen molar-refractivity contribution in [2.75, 3.05) is 17.2 Å². The first-order valence-electron chi connectivity index (χ1n) is 3.93. The molecule has 0 aliphatic rings. The zero-order valence-corrected chi connectivity index (χ0v) is 7.04. The molecule has 6 N–H and O–H groups in total. The van der Waals surface area contributed by atoms with Crippen LogP contribution in [-0.4, -0.2) is 0 Å². The lowest BCUT2D eigenvalue weighted by molar-refractivity contribution is 1.68. The van der Waals surface area contributed by atoms with Gasteiger partial charge >= 0.3 is 0 Å². The van der Waals surface area contributed by atoms with Crippen molar-refractivity contribution in [1.82, 2.24) is 0 Å². The van der Waals surface area contributed by atoms with Crippen molar-refractivity contribution in [2.45, 2.75) is 0 Å². The molecule has 0 unspecified atom stereocenters. The van der Waals surface area contributed by atoms with Crippen LogP contribution in [0.3, 0.4) is 0 Å². The topological polar surface area (TPSA) is 78.1 Å². The molecule has 0 aliphatic heterocycles. The van der Waals surface area contributed by atoms with Crippen LogP contribution in [0.25, 0.3) is 10.8 Å². The highest BCUT2D eigenvalue weighted by Gasteiger charge is 1.99. The summed E-state index contributed by atoms with van der Waals surface area (Å²) in [6.07, 6.45) is 0. The molecule has 0 fully saturated rings. The van der Waals surface area contributed by atoms with Crippen LogP contribution in [0.4, 0.5) is 17.1 Å². The summed E-state index contributed by atoms with van der Waals surface area (Å²) in [4.78, 5) is 0. The third-order valence-corrected chi connectivity index (χ3v) is 1.97. The maximum absolute atomic E-state index is 5.64. The summed E-state index contributed by atoms with van der Waals surface area (Å²) in [5.74, 6) is 0. The van der Waals surface area contributed by atoms with Crippen molar-refractivity contribution in [3.63, 3.8) is 0 Å². The highest BCUT2D eigenvalue weighted by molar-refractivity contribution is 5.91. The van der Waals surface area contributed by atoms with E-state index in [0.717, 1.165) is 10.8 Å². The van der Waals surface area contributed by atoms with Gasteiger partial charge in [-0.3, -0.25) is 0 Å². The van der Waals surface area contributed by atoms with E-state index < -0.39 is 0 Å². The molecule has 3 heteroatoms. The lowest BCUT2D eigenvalue weighted by Crippen LogP contribution is -1.94. The Morgan fingerprint density at radius 1 is 1.00 bits per heavy atom. The maximum Gasteiger partial charge on any atom is 0.0634 e. The smallest absolute Gasteiger partial charge is 0.0634 e. The van der Waals surface area contributed by atoms with E-state index in [4.69, 9.17) is 17.2 Å². The largest absolute Gasteiger partial charge is 0.399 e. The number of nitrogen functional groups attached to an aromatic ring is 3. The molecule has 1 radical (unpaired) electrons. The third kappa shape index (κ3) is 1.24. The van der Waals surface area contributed by atoms with Gasteiger partial charge in [-0.25, -0.2) is 0 Å². The Labute approximate surface area is 76.1 Å². The minimum atomic E-state index is 0.484. The Hall–Kier alpha value is -1.90. The Morgan fingerprint density at radius 3 is 2.54 bits per heavy atom. The van der Waals surface area contributed by atoms with Crippen LogP contribution in [0.15, 0.2) is 24.3 Å². The van der Waals surface area contributed by atoms with Crippen LogP contribution in [0.1, 0.15) is 0 Å². The molecule has 3 nitrogen and oxygen atoms in total. The molecule has 0 bridgehead atoms. The lowest BCUT2D eigenvalue weighted by atomic mass is 10.1. The van der Waals surface area contributed by atoms with Gasteiger partial charge in [0.15, 0.2) is 0 Å². The molecule has 0 aliphatic carbocycles. The van der Waals surface area contributed by atoms with Gasteiger partial charge in [-0.05, 0) is 29.0 Å². The molecular formula is C10H10N3. The van der Waals surface area contributed by atoms with Crippen LogP contribution in [-0.2, 0) is 0 Å². The molecule has 0 aromatic heterocycles. The van der Waals surface area contributed by atoms with Crippen LogP contribution < -0.4 is 17.2 Å². The Kier molecular flexibility index (Phi) is 1.52. The maximum atomic E-state index is 5.64. The molecule has 0 saturated heterocycles. The van der Waals surface area contributed by atoms with Crippen LogP contribution in [0.5, 0.6) is 0 Å². The minimum absolute atomic E-state index is 0.484. The average Bonchev–Trinajstić information content (AvgIpc) is 2.08. The number of anilines is 3. The van der Waals surface area contributed by atoms with Crippen LogP contribution in [0.2, 0.25) is 0 Å². The normalized spacial score (nSPS) is 10.5. The van der Waals surface area contributed by atoms with E-state index in [0.29, 0.717) is 17.1 Å².